The zero-order valence-corrected chi connectivity index (χ0v) is 16.8. The van der Waals surface area contributed by atoms with E-state index in [1.165, 1.54) is 14.2 Å². The van der Waals surface area contributed by atoms with Crippen LogP contribution in [-0.4, -0.2) is 31.8 Å². The maximum atomic E-state index is 12.1. The molecule has 0 saturated heterocycles. The molecule has 1 aromatic heterocycles. The van der Waals surface area contributed by atoms with Crippen molar-refractivity contribution in [3.63, 3.8) is 0 Å². The maximum absolute atomic E-state index is 12.1. The fourth-order valence-corrected chi connectivity index (χ4v) is 2.79. The number of pyridine rings is 1. The number of hydrogen-bond donors (Lipinski definition) is 1. The first-order valence-corrected chi connectivity index (χ1v) is 9.39. The number of ether oxygens (including phenoxy) is 4. The van der Waals surface area contributed by atoms with Crippen molar-refractivity contribution in [1.29, 1.82) is 0 Å². The number of aromatic amines is 1. The van der Waals surface area contributed by atoms with E-state index in [1.807, 2.05) is 30.3 Å². The topological polar surface area (TPSA) is 86.9 Å². The molecular weight excluding hydrogens is 386 g/mol. The van der Waals surface area contributed by atoms with Crippen LogP contribution in [0.25, 0.3) is 0 Å². The summed E-state index contributed by atoms with van der Waals surface area (Å²) >= 11 is 0. The number of aromatic nitrogens is 1. The lowest BCUT2D eigenvalue weighted by Gasteiger charge is -2.14. The summed E-state index contributed by atoms with van der Waals surface area (Å²) in [5, 5.41) is 0. The smallest absolute Gasteiger partial charge is 0.337 e. The number of nitrogens with one attached hydrogen (secondary N) is 1. The van der Waals surface area contributed by atoms with Crippen molar-refractivity contribution in [3.05, 3.63) is 87.7 Å². The van der Waals surface area contributed by atoms with E-state index < -0.39 is 5.97 Å². The molecule has 0 spiro atoms. The van der Waals surface area contributed by atoms with Crippen LogP contribution < -0.4 is 19.8 Å². The molecule has 0 aliphatic rings. The summed E-state index contributed by atoms with van der Waals surface area (Å²) in [6.45, 7) is 0.578. The van der Waals surface area contributed by atoms with Gasteiger partial charge in [0, 0.05) is 12.0 Å². The molecule has 1 heterocycles. The average molecular weight is 409 g/mol. The average Bonchev–Trinajstić information content (AvgIpc) is 2.79. The van der Waals surface area contributed by atoms with Gasteiger partial charge in [-0.3, -0.25) is 9.78 Å². The van der Waals surface area contributed by atoms with Crippen molar-refractivity contribution in [2.24, 2.45) is 0 Å². The van der Waals surface area contributed by atoms with E-state index in [1.54, 1.807) is 30.3 Å². The van der Waals surface area contributed by atoms with E-state index in [4.69, 9.17) is 18.9 Å². The summed E-state index contributed by atoms with van der Waals surface area (Å²) in [5.74, 6) is 0.837. The highest BCUT2D eigenvalue weighted by molar-refractivity contribution is 5.90. The number of benzene rings is 2. The van der Waals surface area contributed by atoms with Gasteiger partial charge in [-0.25, -0.2) is 4.79 Å². The minimum Gasteiger partial charge on any atom is -0.489 e. The number of carbonyl (C=O) groups is 1. The molecule has 0 aliphatic heterocycles. The Bertz CT molecular complexity index is 1050. The van der Waals surface area contributed by atoms with E-state index >= 15 is 0 Å². The van der Waals surface area contributed by atoms with Crippen LogP contribution >= 0.6 is 0 Å². The fourth-order valence-electron chi connectivity index (χ4n) is 2.79. The molecule has 0 atom stereocenters. The van der Waals surface area contributed by atoms with Gasteiger partial charge in [-0.2, -0.15) is 0 Å². The predicted octanol–water partition coefficient (Wildman–Crippen LogP) is 3.37. The van der Waals surface area contributed by atoms with Crippen LogP contribution in [0.4, 0.5) is 0 Å². The quantitative estimate of drug-likeness (QED) is 0.546. The molecule has 1 N–H and O–H groups in total. The van der Waals surface area contributed by atoms with Crippen LogP contribution in [0.15, 0.2) is 65.5 Å². The lowest BCUT2D eigenvalue weighted by Crippen LogP contribution is -2.16. The van der Waals surface area contributed by atoms with Crippen LogP contribution in [0.5, 0.6) is 17.4 Å². The second-order valence-corrected chi connectivity index (χ2v) is 6.41. The molecule has 0 unspecified atom stereocenters. The van der Waals surface area contributed by atoms with E-state index in [-0.39, 0.29) is 12.2 Å². The van der Waals surface area contributed by atoms with E-state index in [0.717, 1.165) is 5.56 Å². The standard InChI is InChI=1S/C23H23NO6/c1-27-21-11-9-17(22(25)24-21)12-13-29-19-10-8-18(23(26)28-2)14-20(19)30-15-16-6-4-3-5-7-16/h3-11,14H,12-13,15H2,1-2H3,(H,24,25). The molecule has 7 nitrogen and oxygen atoms in total. The van der Waals surface area contributed by atoms with Crippen molar-refractivity contribution in [3.8, 4) is 17.4 Å². The molecule has 0 fully saturated rings. The highest BCUT2D eigenvalue weighted by Gasteiger charge is 2.13. The zero-order chi connectivity index (χ0) is 21.3. The van der Waals surface area contributed by atoms with Crippen molar-refractivity contribution in [1.82, 2.24) is 4.98 Å². The number of H-pyrrole nitrogens is 1. The Morgan fingerprint density at radius 2 is 1.73 bits per heavy atom. The molecule has 2 aromatic carbocycles. The van der Waals surface area contributed by atoms with Crippen molar-refractivity contribution < 1.29 is 23.7 Å². The largest absolute Gasteiger partial charge is 0.489 e. The Labute approximate surface area is 174 Å². The molecular formula is C23H23NO6. The van der Waals surface area contributed by atoms with Crippen LogP contribution in [0, 0.1) is 0 Å². The van der Waals surface area contributed by atoms with E-state index in [2.05, 4.69) is 4.98 Å². The zero-order valence-electron chi connectivity index (χ0n) is 16.8. The fraction of sp³-hybridized carbons (Fsp3) is 0.217. The van der Waals surface area contributed by atoms with Gasteiger partial charge < -0.3 is 18.9 Å². The van der Waals surface area contributed by atoms with Crippen LogP contribution in [-0.2, 0) is 17.8 Å². The van der Waals surface area contributed by atoms with Gasteiger partial charge in [0.2, 0.25) is 0 Å². The molecule has 30 heavy (non-hydrogen) atoms. The maximum Gasteiger partial charge on any atom is 0.337 e. The summed E-state index contributed by atoms with van der Waals surface area (Å²) in [5.41, 5.74) is 1.70. The molecule has 3 rings (SSSR count). The Morgan fingerprint density at radius 1 is 0.933 bits per heavy atom. The summed E-state index contributed by atoms with van der Waals surface area (Å²) in [7, 11) is 2.81. The monoisotopic (exact) mass is 409 g/mol. The summed E-state index contributed by atoms with van der Waals surface area (Å²) in [6.07, 6.45) is 0.399. The SMILES string of the molecule is COC(=O)c1ccc(OCCc2ccc(OC)[nH]c2=O)c(OCc2ccccc2)c1. The molecule has 0 radical (unpaired) electrons. The number of rotatable bonds is 9. The van der Waals surface area contributed by atoms with Gasteiger partial charge in [0.25, 0.3) is 5.56 Å². The molecule has 0 saturated carbocycles. The van der Waals surface area contributed by atoms with Crippen molar-refractivity contribution in [2.45, 2.75) is 13.0 Å². The second kappa shape index (κ2) is 10.2. The third-order valence-electron chi connectivity index (χ3n) is 4.42. The number of esters is 1. The predicted molar refractivity (Wildman–Crippen MR) is 111 cm³/mol. The molecule has 156 valence electrons. The summed E-state index contributed by atoms with van der Waals surface area (Å²) in [6, 6.07) is 17.9. The van der Waals surface area contributed by atoms with Gasteiger partial charge in [-0.1, -0.05) is 30.3 Å². The van der Waals surface area contributed by atoms with Crippen molar-refractivity contribution >= 4 is 5.97 Å². The number of hydrogen-bond acceptors (Lipinski definition) is 6. The first-order valence-electron chi connectivity index (χ1n) is 9.39. The van der Waals surface area contributed by atoms with Gasteiger partial charge in [-0.15, -0.1) is 0 Å². The Balaban J connectivity index is 1.72. The lowest BCUT2D eigenvalue weighted by atomic mass is 10.2. The van der Waals surface area contributed by atoms with Gasteiger partial charge in [0.15, 0.2) is 17.4 Å². The van der Waals surface area contributed by atoms with Crippen LogP contribution in [0.2, 0.25) is 0 Å². The first-order chi connectivity index (χ1) is 14.6. The van der Waals surface area contributed by atoms with Crippen LogP contribution in [0.1, 0.15) is 21.5 Å². The van der Waals surface area contributed by atoms with Gasteiger partial charge >= 0.3 is 5.97 Å². The number of methoxy groups -OCH3 is 2. The normalized spacial score (nSPS) is 10.3. The minimum absolute atomic E-state index is 0.223. The van der Waals surface area contributed by atoms with Gasteiger partial charge in [0.05, 0.1) is 26.4 Å². The van der Waals surface area contributed by atoms with Crippen LogP contribution in [0.3, 0.4) is 0 Å². The molecule has 7 heteroatoms. The summed E-state index contributed by atoms with van der Waals surface area (Å²) in [4.78, 5) is 26.6. The van der Waals surface area contributed by atoms with Crippen molar-refractivity contribution in [2.75, 3.05) is 20.8 Å². The van der Waals surface area contributed by atoms with E-state index in [9.17, 15) is 9.59 Å². The molecule has 0 bridgehead atoms. The first kappa shape index (κ1) is 21.0. The highest BCUT2D eigenvalue weighted by Crippen LogP contribution is 2.29. The highest BCUT2D eigenvalue weighted by atomic mass is 16.5. The second-order valence-electron chi connectivity index (χ2n) is 6.41. The Kier molecular flexibility index (Phi) is 7.10. The Morgan fingerprint density at radius 3 is 2.43 bits per heavy atom. The third-order valence-corrected chi connectivity index (χ3v) is 4.42. The minimum atomic E-state index is -0.462. The molecule has 0 aliphatic carbocycles. The molecule has 3 aromatic rings. The van der Waals surface area contributed by atoms with Gasteiger partial charge in [0.1, 0.15) is 6.61 Å². The summed E-state index contributed by atoms with van der Waals surface area (Å²) < 4.78 is 21.5. The lowest BCUT2D eigenvalue weighted by molar-refractivity contribution is 0.0600. The Hall–Kier alpha value is -3.74. The molecule has 0 amide bonds. The third kappa shape index (κ3) is 5.41. The van der Waals surface area contributed by atoms with Gasteiger partial charge in [-0.05, 0) is 35.9 Å². The van der Waals surface area contributed by atoms with E-state index in [0.29, 0.717) is 41.5 Å². The number of carbonyl (C=O) groups excluding carboxylic acids is 1.